The van der Waals surface area contributed by atoms with E-state index in [2.05, 4.69) is 27.7 Å². The van der Waals surface area contributed by atoms with E-state index in [4.69, 9.17) is 4.74 Å². The van der Waals surface area contributed by atoms with Gasteiger partial charge in [-0.15, -0.1) is 0 Å². The maximum Gasteiger partial charge on any atom is 0.0682 e. The predicted octanol–water partition coefficient (Wildman–Crippen LogP) is 10.0. The number of ether oxygens (including phenoxy) is 1. The number of hydrogen-bond donors (Lipinski definition) is 0. The fraction of sp³-hybridized carbons (Fsp3) is 1.00. The van der Waals surface area contributed by atoms with Crippen molar-refractivity contribution in [1.29, 1.82) is 0 Å². The second kappa shape index (κ2) is 21.7. The summed E-state index contributed by atoms with van der Waals surface area (Å²) in [5, 5.41) is 0. The summed E-state index contributed by atoms with van der Waals surface area (Å²) in [4.78, 5) is 0. The molecular formula is C27H56O. The summed E-state index contributed by atoms with van der Waals surface area (Å²) >= 11 is 0. The van der Waals surface area contributed by atoms with Gasteiger partial charge in [-0.2, -0.15) is 0 Å². The molecule has 0 radical (unpaired) electrons. The zero-order valence-electron chi connectivity index (χ0n) is 20.5. The van der Waals surface area contributed by atoms with Crippen LogP contribution < -0.4 is 0 Å². The highest BCUT2D eigenvalue weighted by atomic mass is 16.5. The van der Waals surface area contributed by atoms with E-state index in [1.165, 1.54) is 135 Å². The normalized spacial score (nSPS) is 12.0. The Morgan fingerprint density at radius 3 is 0.964 bits per heavy atom. The van der Waals surface area contributed by atoms with Crippen LogP contribution in [0.15, 0.2) is 0 Å². The first kappa shape index (κ1) is 28.0. The molecule has 0 aliphatic heterocycles. The maximum atomic E-state index is 6.51. The highest BCUT2D eigenvalue weighted by molar-refractivity contribution is 4.81. The Hall–Kier alpha value is -0.0400. The van der Waals surface area contributed by atoms with Crippen molar-refractivity contribution in [1.82, 2.24) is 0 Å². The van der Waals surface area contributed by atoms with Gasteiger partial charge >= 0.3 is 0 Å². The summed E-state index contributed by atoms with van der Waals surface area (Å²) in [6.07, 6.45) is 29.0. The van der Waals surface area contributed by atoms with E-state index in [1.807, 2.05) is 0 Å². The molecule has 0 amide bonds. The summed E-state index contributed by atoms with van der Waals surface area (Å²) in [5.74, 6) is 0. The molecule has 0 N–H and O–H groups in total. The van der Waals surface area contributed by atoms with E-state index in [9.17, 15) is 0 Å². The summed E-state index contributed by atoms with van der Waals surface area (Å²) in [7, 11) is 0. The lowest BCUT2D eigenvalue weighted by Crippen LogP contribution is -2.33. The van der Waals surface area contributed by atoms with Crippen LogP contribution in [0.4, 0.5) is 0 Å². The highest BCUT2D eigenvalue weighted by Gasteiger charge is 2.29. The molecule has 0 fully saturated rings. The van der Waals surface area contributed by atoms with Crippen molar-refractivity contribution < 1.29 is 4.74 Å². The third-order valence-corrected chi connectivity index (χ3v) is 6.41. The molecule has 0 spiro atoms. The SMILES string of the molecule is CCCCCCCCC(CCCCCCCC)(CCCCCCCC)OCC. The molecule has 0 rings (SSSR count). The van der Waals surface area contributed by atoms with Crippen LogP contribution in [0.3, 0.4) is 0 Å². The molecule has 0 aromatic heterocycles. The zero-order valence-corrected chi connectivity index (χ0v) is 20.5. The van der Waals surface area contributed by atoms with Gasteiger partial charge in [0.25, 0.3) is 0 Å². The van der Waals surface area contributed by atoms with Gasteiger partial charge in [-0.25, -0.2) is 0 Å². The first-order valence-electron chi connectivity index (χ1n) is 13.4. The van der Waals surface area contributed by atoms with Crippen molar-refractivity contribution in [3.8, 4) is 0 Å². The van der Waals surface area contributed by atoms with E-state index in [-0.39, 0.29) is 5.60 Å². The molecule has 0 aromatic rings. The van der Waals surface area contributed by atoms with Crippen LogP contribution in [0.1, 0.15) is 163 Å². The highest BCUT2D eigenvalue weighted by Crippen LogP contribution is 2.33. The number of hydrogen-bond acceptors (Lipinski definition) is 1. The summed E-state index contributed by atoms with van der Waals surface area (Å²) in [6.45, 7) is 10.0. The topological polar surface area (TPSA) is 9.23 Å². The van der Waals surface area contributed by atoms with Crippen LogP contribution in [0, 0.1) is 0 Å². The lowest BCUT2D eigenvalue weighted by atomic mass is 9.84. The first-order chi connectivity index (χ1) is 13.7. The Kier molecular flexibility index (Phi) is 21.6. The van der Waals surface area contributed by atoms with Crippen LogP contribution in [-0.4, -0.2) is 12.2 Å². The van der Waals surface area contributed by atoms with Gasteiger partial charge in [0.15, 0.2) is 0 Å². The molecule has 170 valence electrons. The van der Waals surface area contributed by atoms with Gasteiger partial charge in [0.1, 0.15) is 0 Å². The third-order valence-electron chi connectivity index (χ3n) is 6.41. The van der Waals surface area contributed by atoms with Gasteiger partial charge in [-0.05, 0) is 26.2 Å². The minimum absolute atomic E-state index is 0.190. The van der Waals surface area contributed by atoms with E-state index >= 15 is 0 Å². The molecule has 0 aliphatic carbocycles. The van der Waals surface area contributed by atoms with E-state index in [0.717, 1.165) is 6.61 Å². The maximum absolute atomic E-state index is 6.51. The summed E-state index contributed by atoms with van der Waals surface area (Å²) in [5.41, 5.74) is 0.190. The van der Waals surface area contributed by atoms with Crippen LogP contribution in [0.2, 0.25) is 0 Å². The van der Waals surface area contributed by atoms with Gasteiger partial charge in [0.2, 0.25) is 0 Å². The van der Waals surface area contributed by atoms with Crippen molar-refractivity contribution in [2.45, 2.75) is 168 Å². The van der Waals surface area contributed by atoms with Crippen molar-refractivity contribution in [3.05, 3.63) is 0 Å². The Balaban J connectivity index is 4.39. The van der Waals surface area contributed by atoms with E-state index < -0.39 is 0 Å². The Labute approximate surface area is 179 Å². The monoisotopic (exact) mass is 396 g/mol. The summed E-state index contributed by atoms with van der Waals surface area (Å²) in [6, 6.07) is 0. The zero-order chi connectivity index (χ0) is 20.8. The lowest BCUT2D eigenvalue weighted by Gasteiger charge is -2.34. The largest absolute Gasteiger partial charge is 0.375 e. The standard InChI is InChI=1S/C27H56O/c1-5-9-12-15-18-21-24-27(28-8-4,25-22-19-16-13-10-6-2)26-23-20-17-14-11-7-3/h5-26H2,1-4H3. The minimum Gasteiger partial charge on any atom is -0.375 e. The molecule has 28 heavy (non-hydrogen) atoms. The molecule has 0 unspecified atom stereocenters. The average Bonchev–Trinajstić information content (AvgIpc) is 2.70. The van der Waals surface area contributed by atoms with Crippen LogP contribution in [0.25, 0.3) is 0 Å². The number of rotatable bonds is 23. The van der Waals surface area contributed by atoms with Gasteiger partial charge in [-0.1, -0.05) is 136 Å². The Morgan fingerprint density at radius 2 is 0.679 bits per heavy atom. The van der Waals surface area contributed by atoms with Gasteiger partial charge < -0.3 is 4.74 Å². The number of unbranched alkanes of at least 4 members (excludes halogenated alkanes) is 15. The molecule has 0 heterocycles. The quantitative estimate of drug-likeness (QED) is 0.156. The molecule has 0 aliphatic rings. The molecule has 1 heteroatoms. The first-order valence-corrected chi connectivity index (χ1v) is 13.4. The molecule has 0 bridgehead atoms. The van der Waals surface area contributed by atoms with Gasteiger partial charge in [-0.3, -0.25) is 0 Å². The second-order valence-corrected chi connectivity index (χ2v) is 9.17. The lowest BCUT2D eigenvalue weighted by molar-refractivity contribution is -0.0624. The molecule has 0 saturated heterocycles. The van der Waals surface area contributed by atoms with Crippen molar-refractivity contribution in [2.24, 2.45) is 0 Å². The van der Waals surface area contributed by atoms with E-state index in [0.29, 0.717) is 0 Å². The van der Waals surface area contributed by atoms with Crippen molar-refractivity contribution in [2.75, 3.05) is 6.61 Å². The summed E-state index contributed by atoms with van der Waals surface area (Å²) < 4.78 is 6.51. The smallest absolute Gasteiger partial charge is 0.0682 e. The van der Waals surface area contributed by atoms with Gasteiger partial charge in [0.05, 0.1) is 5.60 Å². The molecule has 0 aromatic carbocycles. The molecule has 1 nitrogen and oxygen atoms in total. The Bertz CT molecular complexity index is 245. The molecule has 0 atom stereocenters. The van der Waals surface area contributed by atoms with Crippen molar-refractivity contribution >= 4 is 0 Å². The average molecular weight is 397 g/mol. The fourth-order valence-electron chi connectivity index (χ4n) is 4.58. The molecular weight excluding hydrogens is 340 g/mol. The fourth-order valence-corrected chi connectivity index (χ4v) is 4.58. The second-order valence-electron chi connectivity index (χ2n) is 9.17. The molecule has 0 saturated carbocycles. The van der Waals surface area contributed by atoms with Crippen molar-refractivity contribution in [3.63, 3.8) is 0 Å². The van der Waals surface area contributed by atoms with Crippen LogP contribution in [-0.2, 0) is 4.74 Å². The third kappa shape index (κ3) is 16.9. The van der Waals surface area contributed by atoms with Gasteiger partial charge in [0, 0.05) is 6.61 Å². The van der Waals surface area contributed by atoms with Crippen LogP contribution >= 0.6 is 0 Å². The minimum atomic E-state index is 0.190. The Morgan fingerprint density at radius 1 is 0.393 bits per heavy atom. The van der Waals surface area contributed by atoms with E-state index in [1.54, 1.807) is 0 Å². The van der Waals surface area contributed by atoms with Crippen LogP contribution in [0.5, 0.6) is 0 Å². The predicted molar refractivity (Wildman–Crippen MR) is 128 cm³/mol.